The van der Waals surface area contributed by atoms with E-state index in [1.165, 1.54) is 19.3 Å². The number of carbonyl (C=O) groups is 2. The normalized spacial score (nSPS) is 22.0. The van der Waals surface area contributed by atoms with E-state index < -0.39 is 0 Å². The molecule has 1 saturated heterocycles. The minimum Gasteiger partial charge on any atom is -0.325 e. The Balaban J connectivity index is 1.06. The van der Waals surface area contributed by atoms with E-state index in [0.717, 1.165) is 48.1 Å². The van der Waals surface area contributed by atoms with Gasteiger partial charge in [0.25, 0.3) is 5.91 Å². The van der Waals surface area contributed by atoms with Crippen molar-refractivity contribution in [2.75, 3.05) is 30.3 Å². The smallest absolute Gasteiger partial charge is 0.259 e. The maximum Gasteiger partial charge on any atom is 0.259 e. The largest absolute Gasteiger partial charge is 0.325 e. The van der Waals surface area contributed by atoms with Crippen molar-refractivity contribution in [2.45, 2.75) is 51.7 Å². The maximum atomic E-state index is 13.3. The number of aromatic nitrogens is 5. The highest BCUT2D eigenvalue weighted by molar-refractivity contribution is 6.09. The minimum atomic E-state index is -0.287. The highest BCUT2D eigenvalue weighted by Gasteiger charge is 2.38. The number of likely N-dealkylation sites (tertiary alicyclic amines) is 1. The molecule has 2 bridgehead atoms. The highest BCUT2D eigenvalue weighted by Crippen LogP contribution is 2.37. The molecule has 11 heteroatoms. The van der Waals surface area contributed by atoms with E-state index >= 15 is 0 Å². The first-order valence-electron chi connectivity index (χ1n) is 14.0. The highest BCUT2D eigenvalue weighted by atomic mass is 16.2. The maximum absolute atomic E-state index is 13.3. The number of aryl methyl sites for hydroxylation is 1. The van der Waals surface area contributed by atoms with Crippen LogP contribution in [0.1, 0.15) is 53.8 Å². The van der Waals surface area contributed by atoms with E-state index in [1.54, 1.807) is 16.9 Å². The number of anilines is 2. The Labute approximate surface area is 232 Å². The van der Waals surface area contributed by atoms with Crippen LogP contribution in [-0.2, 0) is 11.3 Å². The Morgan fingerprint density at radius 1 is 1.12 bits per heavy atom. The van der Waals surface area contributed by atoms with Gasteiger partial charge < -0.3 is 16.0 Å². The number of nitrogens with zero attached hydrogens (tertiary/aromatic N) is 6. The average Bonchev–Trinajstić information content (AvgIpc) is 3.74. The average molecular weight is 540 g/mol. The van der Waals surface area contributed by atoms with Crippen LogP contribution in [0.3, 0.4) is 0 Å². The zero-order valence-corrected chi connectivity index (χ0v) is 22.7. The van der Waals surface area contributed by atoms with Crippen molar-refractivity contribution in [1.29, 1.82) is 0 Å². The van der Waals surface area contributed by atoms with E-state index in [0.29, 0.717) is 35.0 Å². The quantitative estimate of drug-likeness (QED) is 0.344. The number of carbonyl (C=O) groups excluding carboxylic acids is 2. The molecule has 3 N–H and O–H groups in total. The molecule has 3 aromatic heterocycles. The number of benzene rings is 1. The van der Waals surface area contributed by atoms with Crippen LogP contribution in [0, 0.1) is 12.8 Å². The number of piperidine rings is 1. The van der Waals surface area contributed by atoms with Gasteiger partial charge in [-0.25, -0.2) is 4.52 Å². The molecule has 11 nitrogen and oxygen atoms in total. The molecular formula is C29H33N9O2. The number of rotatable bonds is 6. The van der Waals surface area contributed by atoms with Crippen molar-refractivity contribution >= 4 is 28.7 Å². The van der Waals surface area contributed by atoms with Crippen LogP contribution in [0.25, 0.3) is 16.8 Å². The predicted molar refractivity (Wildman–Crippen MR) is 151 cm³/mol. The van der Waals surface area contributed by atoms with E-state index in [2.05, 4.69) is 43.0 Å². The van der Waals surface area contributed by atoms with Crippen LogP contribution in [0.5, 0.6) is 0 Å². The molecule has 3 aliphatic rings. The fourth-order valence-electron chi connectivity index (χ4n) is 6.47. The molecule has 2 fully saturated rings. The Morgan fingerprint density at radius 3 is 2.85 bits per heavy atom. The SMILES string of the molecule is Cc1ccc(NC(=O)CN2CC3CCC2C3)cc1NC(=O)c1cnn2cc(-c3cnn4c3CNCC4C)ncc12. The molecule has 0 spiro atoms. The number of fused-ring (bicyclic) bond motifs is 4. The number of nitrogens with one attached hydrogen (secondary N) is 3. The molecule has 3 unspecified atom stereocenters. The molecule has 3 atom stereocenters. The summed E-state index contributed by atoms with van der Waals surface area (Å²) in [5, 5.41) is 18.4. The van der Waals surface area contributed by atoms with Crippen LogP contribution < -0.4 is 16.0 Å². The van der Waals surface area contributed by atoms with Gasteiger partial charge in [-0.3, -0.25) is 24.2 Å². The Hall–Kier alpha value is -4.09. The second kappa shape index (κ2) is 9.83. The van der Waals surface area contributed by atoms with Crippen LogP contribution >= 0.6 is 0 Å². The standard InChI is InChI=1S/C29H33N9O2/c1-17-3-5-20(34-28(39)16-36-14-19-4-6-21(36)7-19)8-24(17)35-29(40)23-11-32-37-15-25(31-13-26(23)37)22-10-33-38-18(2)9-30-12-27(22)38/h3,5,8,10-11,13,15,18-19,21,30H,4,6-7,9,12,14,16H2,1-2H3,(H,34,39)(H,35,40). The zero-order chi connectivity index (χ0) is 27.4. The zero-order valence-electron chi connectivity index (χ0n) is 22.7. The van der Waals surface area contributed by atoms with Crippen LogP contribution in [0.15, 0.2) is 43.0 Å². The van der Waals surface area contributed by atoms with Crippen molar-refractivity contribution in [2.24, 2.45) is 5.92 Å². The van der Waals surface area contributed by atoms with Crippen LogP contribution in [0.4, 0.5) is 11.4 Å². The van der Waals surface area contributed by atoms with Gasteiger partial charge in [-0.15, -0.1) is 0 Å². The molecule has 1 aromatic carbocycles. The number of amides is 2. The van der Waals surface area contributed by atoms with Gasteiger partial charge in [-0.2, -0.15) is 10.2 Å². The van der Waals surface area contributed by atoms with Gasteiger partial charge >= 0.3 is 0 Å². The molecule has 2 aliphatic heterocycles. The monoisotopic (exact) mass is 539 g/mol. The van der Waals surface area contributed by atoms with Crippen molar-refractivity contribution in [3.8, 4) is 11.3 Å². The van der Waals surface area contributed by atoms with Gasteiger partial charge in [0, 0.05) is 42.6 Å². The molecule has 2 amide bonds. The molecule has 0 radical (unpaired) electrons. The number of hydrogen-bond donors (Lipinski definition) is 3. The molecule has 4 aromatic rings. The molecule has 40 heavy (non-hydrogen) atoms. The summed E-state index contributed by atoms with van der Waals surface area (Å²) in [6, 6.07) is 6.39. The van der Waals surface area contributed by atoms with Gasteiger partial charge in [0.1, 0.15) is 0 Å². The first kappa shape index (κ1) is 24.9. The lowest BCUT2D eigenvalue weighted by molar-refractivity contribution is -0.117. The summed E-state index contributed by atoms with van der Waals surface area (Å²) in [7, 11) is 0. The van der Waals surface area contributed by atoms with Gasteiger partial charge in [-0.05, 0) is 56.7 Å². The Bertz CT molecular complexity index is 1620. The first-order valence-corrected chi connectivity index (χ1v) is 14.0. The topological polar surface area (TPSA) is 121 Å². The molecule has 7 rings (SSSR count). The van der Waals surface area contributed by atoms with Crippen molar-refractivity contribution in [3.05, 3.63) is 59.8 Å². The first-order chi connectivity index (χ1) is 19.4. The minimum absolute atomic E-state index is 0.0249. The van der Waals surface area contributed by atoms with Crippen molar-refractivity contribution < 1.29 is 9.59 Å². The fourth-order valence-corrected chi connectivity index (χ4v) is 6.47. The second-order valence-corrected chi connectivity index (χ2v) is 11.4. The molecule has 5 heterocycles. The van der Waals surface area contributed by atoms with Crippen LogP contribution in [0.2, 0.25) is 0 Å². The summed E-state index contributed by atoms with van der Waals surface area (Å²) in [6.45, 7) is 7.09. The summed E-state index contributed by atoms with van der Waals surface area (Å²) in [4.78, 5) is 33.0. The lowest BCUT2D eigenvalue weighted by Gasteiger charge is -2.25. The summed E-state index contributed by atoms with van der Waals surface area (Å²) in [5.41, 5.74) is 6.02. The molecule has 206 valence electrons. The number of hydrogen-bond acceptors (Lipinski definition) is 7. The van der Waals surface area contributed by atoms with Gasteiger partial charge in [0.05, 0.1) is 59.8 Å². The van der Waals surface area contributed by atoms with E-state index in [9.17, 15) is 9.59 Å². The third kappa shape index (κ3) is 4.44. The predicted octanol–water partition coefficient (Wildman–Crippen LogP) is 3.24. The van der Waals surface area contributed by atoms with E-state index in [1.807, 2.05) is 42.2 Å². The Morgan fingerprint density at radius 2 is 2.02 bits per heavy atom. The fraction of sp³-hybridized carbons (Fsp3) is 0.414. The van der Waals surface area contributed by atoms with E-state index in [4.69, 9.17) is 0 Å². The van der Waals surface area contributed by atoms with E-state index in [-0.39, 0.29) is 17.9 Å². The summed E-state index contributed by atoms with van der Waals surface area (Å²) < 4.78 is 3.71. The summed E-state index contributed by atoms with van der Waals surface area (Å²) in [6.07, 6.45) is 10.6. The molecular weight excluding hydrogens is 506 g/mol. The molecule has 1 saturated carbocycles. The lowest BCUT2D eigenvalue weighted by Crippen LogP contribution is -2.38. The Kier molecular flexibility index (Phi) is 6.12. The second-order valence-electron chi connectivity index (χ2n) is 11.4. The van der Waals surface area contributed by atoms with Crippen molar-refractivity contribution in [3.63, 3.8) is 0 Å². The van der Waals surface area contributed by atoms with Gasteiger partial charge in [0.15, 0.2) is 0 Å². The van der Waals surface area contributed by atoms with Crippen LogP contribution in [-0.4, -0.2) is 66.8 Å². The van der Waals surface area contributed by atoms with Gasteiger partial charge in [-0.1, -0.05) is 6.07 Å². The van der Waals surface area contributed by atoms with Gasteiger partial charge in [0.2, 0.25) is 5.91 Å². The van der Waals surface area contributed by atoms with Crippen molar-refractivity contribution in [1.82, 2.24) is 34.6 Å². The summed E-state index contributed by atoms with van der Waals surface area (Å²) >= 11 is 0. The summed E-state index contributed by atoms with van der Waals surface area (Å²) in [5.74, 6) is 0.437. The lowest BCUT2D eigenvalue weighted by atomic mass is 10.1. The third-order valence-electron chi connectivity index (χ3n) is 8.61. The third-order valence-corrected chi connectivity index (χ3v) is 8.61. The molecule has 1 aliphatic carbocycles.